The van der Waals surface area contributed by atoms with E-state index in [0.717, 1.165) is 5.56 Å². The Morgan fingerprint density at radius 2 is 1.84 bits per heavy atom. The van der Waals surface area contributed by atoms with Crippen molar-refractivity contribution < 1.29 is 23.8 Å². The molecule has 2 aromatic carbocycles. The lowest BCUT2D eigenvalue weighted by Gasteiger charge is -2.26. The van der Waals surface area contributed by atoms with Crippen molar-refractivity contribution in [2.24, 2.45) is 0 Å². The van der Waals surface area contributed by atoms with Gasteiger partial charge in [0.15, 0.2) is 11.5 Å². The third kappa shape index (κ3) is 4.44. The number of benzene rings is 2. The summed E-state index contributed by atoms with van der Waals surface area (Å²) in [7, 11) is 2.85. The zero-order chi connectivity index (χ0) is 23.3. The molecule has 0 spiro atoms. The van der Waals surface area contributed by atoms with Gasteiger partial charge >= 0.3 is 5.97 Å². The molecule has 0 unspecified atom stereocenters. The lowest BCUT2D eigenvalue weighted by atomic mass is 10.0. The number of allylic oxidation sites excluding steroid dienone is 1. The molecule has 0 aromatic heterocycles. The second-order valence-corrected chi connectivity index (χ2v) is 7.28. The summed E-state index contributed by atoms with van der Waals surface area (Å²) in [6, 6.07) is 14.7. The van der Waals surface area contributed by atoms with Gasteiger partial charge in [-0.15, -0.1) is 0 Å². The summed E-state index contributed by atoms with van der Waals surface area (Å²) in [5.74, 6) is 0.265. The first kappa shape index (κ1) is 22.9. The second kappa shape index (κ2) is 10.0. The van der Waals surface area contributed by atoms with Crippen LogP contribution in [0.4, 0.5) is 0 Å². The van der Waals surface area contributed by atoms with Crippen LogP contribution in [0.1, 0.15) is 31.0 Å². The van der Waals surface area contributed by atoms with Gasteiger partial charge in [0, 0.05) is 5.70 Å². The molecule has 0 saturated heterocycles. The fourth-order valence-corrected chi connectivity index (χ4v) is 3.75. The van der Waals surface area contributed by atoms with Gasteiger partial charge < -0.3 is 19.1 Å². The van der Waals surface area contributed by atoms with E-state index in [1.807, 2.05) is 37.3 Å². The molecule has 0 N–H and O–H groups in total. The standard InChI is InChI=1S/C26H27NO5/c1-6-14-32-22-13-12-19(16-23(22)30-4)15-21-24(26(29)31-5)18(3)27(25(21)28)17(2)20-10-8-7-9-11-20/h6-13,15-17H,1,14H2,2-5H3/b21-15-/t17-/m1/s1. The van der Waals surface area contributed by atoms with E-state index in [9.17, 15) is 9.59 Å². The van der Waals surface area contributed by atoms with E-state index >= 15 is 0 Å². The molecule has 3 rings (SSSR count). The fourth-order valence-electron chi connectivity index (χ4n) is 3.75. The zero-order valence-corrected chi connectivity index (χ0v) is 18.8. The van der Waals surface area contributed by atoms with Crippen molar-refractivity contribution in [2.75, 3.05) is 20.8 Å². The molecule has 0 radical (unpaired) electrons. The Morgan fingerprint density at radius 1 is 1.12 bits per heavy atom. The number of ether oxygens (including phenoxy) is 3. The maximum Gasteiger partial charge on any atom is 0.340 e. The second-order valence-electron chi connectivity index (χ2n) is 7.28. The molecule has 1 atom stereocenters. The van der Waals surface area contributed by atoms with Gasteiger partial charge in [-0.05, 0) is 43.2 Å². The first-order valence-corrected chi connectivity index (χ1v) is 10.2. The molecule has 0 saturated carbocycles. The van der Waals surface area contributed by atoms with Crippen molar-refractivity contribution in [1.29, 1.82) is 0 Å². The Balaban J connectivity index is 2.05. The Morgan fingerprint density at radius 3 is 2.47 bits per heavy atom. The summed E-state index contributed by atoms with van der Waals surface area (Å²) in [5.41, 5.74) is 2.75. The number of carbonyl (C=O) groups is 2. The topological polar surface area (TPSA) is 65.1 Å². The van der Waals surface area contributed by atoms with Crippen LogP contribution in [0.2, 0.25) is 0 Å². The van der Waals surface area contributed by atoms with E-state index in [1.54, 1.807) is 49.3 Å². The van der Waals surface area contributed by atoms with Gasteiger partial charge in [-0.2, -0.15) is 0 Å². The molecule has 6 nitrogen and oxygen atoms in total. The van der Waals surface area contributed by atoms with Gasteiger partial charge in [0.1, 0.15) is 6.61 Å². The number of methoxy groups -OCH3 is 2. The van der Waals surface area contributed by atoms with Crippen molar-refractivity contribution in [3.8, 4) is 11.5 Å². The van der Waals surface area contributed by atoms with Crippen LogP contribution in [-0.2, 0) is 14.3 Å². The summed E-state index contributed by atoms with van der Waals surface area (Å²) >= 11 is 0. The molecule has 6 heteroatoms. The lowest BCUT2D eigenvalue weighted by molar-refractivity contribution is -0.136. The highest BCUT2D eigenvalue weighted by atomic mass is 16.5. The van der Waals surface area contributed by atoms with Crippen LogP contribution < -0.4 is 9.47 Å². The SMILES string of the molecule is C=CCOc1ccc(/C=C2\C(=O)N([C@H](C)c3ccccc3)C(C)=C2C(=O)OC)cc1OC. The maximum absolute atomic E-state index is 13.5. The molecule has 1 heterocycles. The first-order valence-electron chi connectivity index (χ1n) is 10.2. The molecule has 2 aromatic rings. The summed E-state index contributed by atoms with van der Waals surface area (Å²) in [5, 5.41) is 0. The van der Waals surface area contributed by atoms with Crippen molar-refractivity contribution in [1.82, 2.24) is 4.90 Å². The molecular weight excluding hydrogens is 406 g/mol. The lowest BCUT2D eigenvalue weighted by Crippen LogP contribution is -2.28. The minimum Gasteiger partial charge on any atom is -0.493 e. The van der Waals surface area contributed by atoms with Gasteiger partial charge in [-0.25, -0.2) is 4.79 Å². The van der Waals surface area contributed by atoms with Gasteiger partial charge in [-0.3, -0.25) is 4.79 Å². The third-order valence-electron chi connectivity index (χ3n) is 5.36. The minimum absolute atomic E-state index is 0.251. The van der Waals surface area contributed by atoms with Crippen LogP contribution in [0, 0.1) is 0 Å². The smallest absolute Gasteiger partial charge is 0.340 e. The molecule has 1 aliphatic rings. The minimum atomic E-state index is -0.553. The number of hydrogen-bond acceptors (Lipinski definition) is 5. The van der Waals surface area contributed by atoms with E-state index in [1.165, 1.54) is 7.11 Å². The highest BCUT2D eigenvalue weighted by molar-refractivity contribution is 6.16. The van der Waals surface area contributed by atoms with Crippen LogP contribution in [0.5, 0.6) is 11.5 Å². The molecule has 166 valence electrons. The Labute approximate surface area is 188 Å². The fraction of sp³-hybridized carbons (Fsp3) is 0.231. The van der Waals surface area contributed by atoms with Crippen LogP contribution in [0.3, 0.4) is 0 Å². The van der Waals surface area contributed by atoms with E-state index in [2.05, 4.69) is 6.58 Å². The average Bonchev–Trinajstić information content (AvgIpc) is 3.06. The van der Waals surface area contributed by atoms with Crippen molar-refractivity contribution in [3.05, 3.63) is 89.2 Å². The van der Waals surface area contributed by atoms with Gasteiger partial charge in [-0.1, -0.05) is 49.1 Å². The predicted molar refractivity (Wildman–Crippen MR) is 123 cm³/mol. The third-order valence-corrected chi connectivity index (χ3v) is 5.36. The van der Waals surface area contributed by atoms with Crippen molar-refractivity contribution in [3.63, 3.8) is 0 Å². The largest absolute Gasteiger partial charge is 0.493 e. The predicted octanol–water partition coefficient (Wildman–Crippen LogP) is 4.69. The van der Waals surface area contributed by atoms with Crippen LogP contribution >= 0.6 is 0 Å². The normalized spacial score (nSPS) is 15.7. The number of nitrogens with zero attached hydrogens (tertiary/aromatic N) is 1. The van der Waals surface area contributed by atoms with Crippen LogP contribution in [0.15, 0.2) is 78.0 Å². The van der Waals surface area contributed by atoms with E-state index < -0.39 is 5.97 Å². The van der Waals surface area contributed by atoms with E-state index in [-0.39, 0.29) is 23.1 Å². The average molecular weight is 434 g/mol. The Bertz CT molecular complexity index is 1080. The van der Waals surface area contributed by atoms with Gasteiger partial charge in [0.05, 0.1) is 31.4 Å². The molecule has 1 aliphatic heterocycles. The highest BCUT2D eigenvalue weighted by Crippen LogP contribution is 2.38. The summed E-state index contributed by atoms with van der Waals surface area (Å²) < 4.78 is 16.0. The monoisotopic (exact) mass is 433 g/mol. The molecule has 0 aliphatic carbocycles. The first-order chi connectivity index (χ1) is 15.4. The molecule has 1 amide bonds. The van der Waals surface area contributed by atoms with E-state index in [0.29, 0.717) is 29.4 Å². The molecule has 0 fully saturated rings. The molecular formula is C26H27NO5. The zero-order valence-electron chi connectivity index (χ0n) is 18.8. The highest BCUT2D eigenvalue weighted by Gasteiger charge is 2.39. The molecule has 32 heavy (non-hydrogen) atoms. The van der Waals surface area contributed by atoms with E-state index in [4.69, 9.17) is 14.2 Å². The van der Waals surface area contributed by atoms with Crippen LogP contribution in [0.25, 0.3) is 6.08 Å². The Hall–Kier alpha value is -3.80. The van der Waals surface area contributed by atoms with Crippen LogP contribution in [-0.4, -0.2) is 37.6 Å². The quantitative estimate of drug-likeness (QED) is 0.343. The maximum atomic E-state index is 13.5. The number of esters is 1. The van der Waals surface area contributed by atoms with Crippen molar-refractivity contribution in [2.45, 2.75) is 19.9 Å². The molecule has 0 bridgehead atoms. The number of rotatable bonds is 8. The van der Waals surface area contributed by atoms with Gasteiger partial charge in [0.25, 0.3) is 5.91 Å². The number of hydrogen-bond donors (Lipinski definition) is 0. The summed E-state index contributed by atoms with van der Waals surface area (Å²) in [6.45, 7) is 7.68. The summed E-state index contributed by atoms with van der Waals surface area (Å²) in [4.78, 5) is 27.7. The van der Waals surface area contributed by atoms with Gasteiger partial charge in [0.2, 0.25) is 0 Å². The summed E-state index contributed by atoms with van der Waals surface area (Å²) in [6.07, 6.45) is 3.32. The number of amides is 1. The Kier molecular flexibility index (Phi) is 7.15. The number of carbonyl (C=O) groups excluding carboxylic acids is 2. The van der Waals surface area contributed by atoms with Crippen molar-refractivity contribution >= 4 is 18.0 Å².